The highest BCUT2D eigenvalue weighted by Crippen LogP contribution is 2.27. The predicted molar refractivity (Wildman–Crippen MR) is 116 cm³/mol. The number of aryl methyl sites for hydroxylation is 1. The van der Waals surface area contributed by atoms with Gasteiger partial charge in [0.2, 0.25) is 0 Å². The summed E-state index contributed by atoms with van der Waals surface area (Å²) in [6, 6.07) is 9.66. The minimum Gasteiger partial charge on any atom is -0.395 e. The third-order valence-corrected chi connectivity index (χ3v) is 6.01. The summed E-state index contributed by atoms with van der Waals surface area (Å²) in [4.78, 5) is 19.1. The van der Waals surface area contributed by atoms with E-state index < -0.39 is 0 Å². The molecule has 30 heavy (non-hydrogen) atoms. The minimum absolute atomic E-state index is 0.0670. The first kappa shape index (κ1) is 20.4. The van der Waals surface area contributed by atoms with Crippen LogP contribution < -0.4 is 11.0 Å². The van der Waals surface area contributed by atoms with Crippen LogP contribution in [0.15, 0.2) is 35.3 Å². The molecular formula is C21H23ClN6O2. The Morgan fingerprint density at radius 3 is 2.97 bits per heavy atom. The number of halogens is 1. The lowest BCUT2D eigenvalue weighted by molar-refractivity contribution is 0.174. The number of β-amino-alcohol motifs (C(OH)–C–C–N with tert-alkyl or cyclic N) is 1. The fourth-order valence-corrected chi connectivity index (χ4v) is 4.40. The van der Waals surface area contributed by atoms with Gasteiger partial charge in [-0.25, -0.2) is 9.78 Å². The Morgan fingerprint density at radius 1 is 1.37 bits per heavy atom. The van der Waals surface area contributed by atoms with Crippen LogP contribution in [0.1, 0.15) is 18.4 Å². The first-order valence-electron chi connectivity index (χ1n) is 9.89. The second-order valence-corrected chi connectivity index (χ2v) is 7.83. The summed E-state index contributed by atoms with van der Waals surface area (Å²) in [5.74, 6) is 0. The number of benzene rings is 1. The zero-order valence-corrected chi connectivity index (χ0v) is 17.4. The fraction of sp³-hybridized carbons (Fsp3) is 0.381. The van der Waals surface area contributed by atoms with Crippen LogP contribution in [-0.2, 0) is 13.6 Å². The number of hydrogen-bond acceptors (Lipinski definition) is 6. The zero-order chi connectivity index (χ0) is 21.3. The number of aromatic nitrogens is 3. The molecular weight excluding hydrogens is 404 g/mol. The zero-order valence-electron chi connectivity index (χ0n) is 16.7. The van der Waals surface area contributed by atoms with E-state index in [1.807, 2.05) is 18.2 Å². The molecule has 3 heterocycles. The number of anilines is 2. The SMILES string of the molecule is Cn1c(=O)n(CC2CCCN2CCO)c2cc(Nc3ccnc(Cl)c3C#N)ccc21. The van der Waals surface area contributed by atoms with Gasteiger partial charge >= 0.3 is 5.69 Å². The highest BCUT2D eigenvalue weighted by molar-refractivity contribution is 6.31. The van der Waals surface area contributed by atoms with Crippen molar-refractivity contribution in [1.82, 2.24) is 19.0 Å². The van der Waals surface area contributed by atoms with Gasteiger partial charge in [-0.3, -0.25) is 14.0 Å². The second kappa shape index (κ2) is 8.48. The highest BCUT2D eigenvalue weighted by atomic mass is 35.5. The van der Waals surface area contributed by atoms with E-state index in [-0.39, 0.29) is 29.1 Å². The third kappa shape index (κ3) is 3.67. The number of pyridine rings is 1. The largest absolute Gasteiger partial charge is 0.395 e. The third-order valence-electron chi connectivity index (χ3n) is 5.72. The quantitative estimate of drug-likeness (QED) is 0.587. The van der Waals surface area contributed by atoms with Crippen molar-refractivity contribution >= 4 is 34.0 Å². The lowest BCUT2D eigenvalue weighted by atomic mass is 10.2. The summed E-state index contributed by atoms with van der Waals surface area (Å²) >= 11 is 6.03. The van der Waals surface area contributed by atoms with Crippen LogP contribution in [0.2, 0.25) is 5.15 Å². The fourth-order valence-electron chi connectivity index (χ4n) is 4.20. The summed E-state index contributed by atoms with van der Waals surface area (Å²) in [6.07, 6.45) is 3.61. The van der Waals surface area contributed by atoms with Crippen LogP contribution in [0.5, 0.6) is 0 Å². The molecule has 8 nitrogen and oxygen atoms in total. The highest BCUT2D eigenvalue weighted by Gasteiger charge is 2.26. The molecule has 2 aromatic heterocycles. The predicted octanol–water partition coefficient (Wildman–Crippen LogP) is 2.46. The molecule has 1 saturated heterocycles. The first-order valence-corrected chi connectivity index (χ1v) is 10.3. The maximum Gasteiger partial charge on any atom is 0.328 e. The average Bonchev–Trinajstić information content (AvgIpc) is 3.27. The minimum atomic E-state index is -0.0670. The van der Waals surface area contributed by atoms with E-state index in [4.69, 9.17) is 11.6 Å². The van der Waals surface area contributed by atoms with Crippen molar-refractivity contribution in [3.63, 3.8) is 0 Å². The molecule has 1 fully saturated rings. The van der Waals surface area contributed by atoms with Gasteiger partial charge < -0.3 is 10.4 Å². The molecule has 0 saturated carbocycles. The molecule has 1 atom stereocenters. The van der Waals surface area contributed by atoms with Gasteiger partial charge in [-0.2, -0.15) is 5.26 Å². The van der Waals surface area contributed by atoms with Gasteiger partial charge in [-0.1, -0.05) is 11.6 Å². The number of nitrogens with one attached hydrogen (secondary N) is 1. The van der Waals surface area contributed by atoms with E-state index in [9.17, 15) is 15.2 Å². The molecule has 0 aliphatic carbocycles. The van der Waals surface area contributed by atoms with Crippen LogP contribution in [-0.4, -0.2) is 49.9 Å². The first-order chi connectivity index (χ1) is 14.5. The van der Waals surface area contributed by atoms with Crippen molar-refractivity contribution in [3.8, 4) is 6.07 Å². The Bertz CT molecular complexity index is 1180. The van der Waals surface area contributed by atoms with Crippen LogP contribution in [0.25, 0.3) is 11.0 Å². The van der Waals surface area contributed by atoms with Crippen molar-refractivity contribution in [2.45, 2.75) is 25.4 Å². The number of nitrogens with zero attached hydrogens (tertiary/aromatic N) is 5. The van der Waals surface area contributed by atoms with E-state index in [2.05, 4.69) is 21.3 Å². The molecule has 1 aliphatic rings. The van der Waals surface area contributed by atoms with Gasteiger partial charge in [-0.05, 0) is 43.7 Å². The Hall–Kier alpha value is -2.86. The van der Waals surface area contributed by atoms with Crippen molar-refractivity contribution < 1.29 is 5.11 Å². The normalized spacial score (nSPS) is 16.8. The summed E-state index contributed by atoms with van der Waals surface area (Å²) < 4.78 is 3.44. The number of imidazole rings is 1. The second-order valence-electron chi connectivity index (χ2n) is 7.47. The van der Waals surface area contributed by atoms with Gasteiger partial charge in [0.25, 0.3) is 0 Å². The maximum absolute atomic E-state index is 12.9. The van der Waals surface area contributed by atoms with E-state index in [1.165, 1.54) is 0 Å². The van der Waals surface area contributed by atoms with Gasteiger partial charge in [0.1, 0.15) is 16.8 Å². The topological polar surface area (TPSA) is 99.1 Å². The Morgan fingerprint density at radius 2 is 2.20 bits per heavy atom. The van der Waals surface area contributed by atoms with Crippen LogP contribution >= 0.6 is 11.6 Å². The van der Waals surface area contributed by atoms with Gasteiger partial charge in [-0.15, -0.1) is 0 Å². The molecule has 1 aromatic carbocycles. The van der Waals surface area contributed by atoms with Gasteiger partial charge in [0.05, 0.1) is 23.3 Å². The molecule has 0 bridgehead atoms. The molecule has 3 aromatic rings. The molecule has 0 spiro atoms. The van der Waals surface area contributed by atoms with Gasteiger partial charge in [0.15, 0.2) is 0 Å². The number of rotatable bonds is 6. The summed E-state index contributed by atoms with van der Waals surface area (Å²) in [6.45, 7) is 2.25. The standard InChI is InChI=1S/C21H23ClN6O2/c1-26-18-5-4-14(25-17-6-7-24-20(22)16(17)12-23)11-19(18)28(21(26)30)13-15-3-2-8-27(15)9-10-29/h4-7,11,15,29H,2-3,8-10,13H2,1H3,(H,24,25). The molecule has 156 valence electrons. The van der Waals surface area contributed by atoms with E-state index in [0.717, 1.165) is 36.1 Å². The van der Waals surface area contributed by atoms with Crippen LogP contribution in [0.3, 0.4) is 0 Å². The summed E-state index contributed by atoms with van der Waals surface area (Å²) in [5, 5.41) is 22.1. The summed E-state index contributed by atoms with van der Waals surface area (Å²) in [7, 11) is 1.77. The Labute approximate surface area is 178 Å². The molecule has 9 heteroatoms. The molecule has 4 rings (SSSR count). The lowest BCUT2D eigenvalue weighted by Crippen LogP contribution is -2.37. The maximum atomic E-state index is 12.9. The molecule has 1 aliphatic heterocycles. The van der Waals surface area contributed by atoms with E-state index in [0.29, 0.717) is 18.8 Å². The van der Waals surface area contributed by atoms with E-state index in [1.54, 1.807) is 28.4 Å². The van der Waals surface area contributed by atoms with Crippen molar-refractivity contribution in [1.29, 1.82) is 5.26 Å². The Kier molecular flexibility index (Phi) is 5.77. The van der Waals surface area contributed by atoms with Crippen LogP contribution in [0.4, 0.5) is 11.4 Å². The smallest absolute Gasteiger partial charge is 0.328 e. The molecule has 1 unspecified atom stereocenters. The van der Waals surface area contributed by atoms with Crippen molar-refractivity contribution in [2.24, 2.45) is 7.05 Å². The number of aliphatic hydroxyl groups excluding tert-OH is 1. The summed E-state index contributed by atoms with van der Waals surface area (Å²) in [5.41, 5.74) is 3.18. The van der Waals surface area contributed by atoms with Crippen molar-refractivity contribution in [3.05, 3.63) is 51.7 Å². The number of hydrogen-bond donors (Lipinski definition) is 2. The number of aliphatic hydroxyl groups is 1. The van der Waals surface area contributed by atoms with Crippen LogP contribution in [0, 0.1) is 11.3 Å². The van der Waals surface area contributed by atoms with E-state index >= 15 is 0 Å². The van der Waals surface area contributed by atoms with Gasteiger partial charge in [0, 0.05) is 38.1 Å². The lowest BCUT2D eigenvalue weighted by Gasteiger charge is -2.23. The molecule has 0 radical (unpaired) electrons. The average molecular weight is 427 g/mol. The number of likely N-dealkylation sites (tertiary alicyclic amines) is 1. The van der Waals surface area contributed by atoms with Crippen molar-refractivity contribution in [2.75, 3.05) is 25.0 Å². The monoisotopic (exact) mass is 426 g/mol. The number of fused-ring (bicyclic) bond motifs is 1. The Balaban J connectivity index is 1.71. The molecule has 2 N–H and O–H groups in total. The number of nitriles is 1. The molecule has 0 amide bonds.